The summed E-state index contributed by atoms with van der Waals surface area (Å²) < 4.78 is 13.5. The number of para-hydroxylation sites is 2. The Bertz CT molecular complexity index is 1280. The van der Waals surface area contributed by atoms with Crippen molar-refractivity contribution < 1.29 is 14.3 Å². The van der Waals surface area contributed by atoms with E-state index in [1.807, 2.05) is 66.7 Å². The van der Waals surface area contributed by atoms with Crippen LogP contribution in [0.15, 0.2) is 82.4 Å². The Labute approximate surface area is 190 Å². The van der Waals surface area contributed by atoms with E-state index in [0.29, 0.717) is 16.6 Å². The number of anilines is 1. The molecule has 31 heavy (non-hydrogen) atoms. The van der Waals surface area contributed by atoms with E-state index in [2.05, 4.69) is 26.0 Å². The number of carbonyl (C=O) groups is 1. The number of hydrogen-bond donors (Lipinski definition) is 0. The SMILES string of the molecule is O=C(C1COc2ccccc2O1)N(/N=C/c1ccccc1)c1nc2ccc(Br)cc2s1. The zero-order valence-electron chi connectivity index (χ0n) is 16.1. The van der Waals surface area contributed by atoms with Crippen LogP contribution in [0.25, 0.3) is 10.2 Å². The Morgan fingerprint density at radius 2 is 1.87 bits per heavy atom. The number of rotatable bonds is 4. The number of amides is 1. The van der Waals surface area contributed by atoms with Gasteiger partial charge in [-0.25, -0.2) is 4.98 Å². The lowest BCUT2D eigenvalue weighted by atomic mass is 10.2. The van der Waals surface area contributed by atoms with Crippen molar-refractivity contribution in [2.45, 2.75) is 6.10 Å². The standard InChI is InChI=1S/C23H16BrN3O3S/c24-16-10-11-17-21(12-16)31-23(26-17)27(25-13-15-6-2-1-3-7-15)22(28)20-14-29-18-8-4-5-9-19(18)30-20/h1-13,20H,14H2/b25-13+. The van der Waals surface area contributed by atoms with Gasteiger partial charge >= 0.3 is 0 Å². The largest absolute Gasteiger partial charge is 0.485 e. The minimum atomic E-state index is -0.832. The second kappa shape index (κ2) is 8.49. The molecule has 1 aromatic heterocycles. The zero-order chi connectivity index (χ0) is 21.2. The number of fused-ring (bicyclic) bond motifs is 2. The van der Waals surface area contributed by atoms with E-state index in [1.54, 1.807) is 12.3 Å². The van der Waals surface area contributed by atoms with E-state index < -0.39 is 6.10 Å². The number of aromatic nitrogens is 1. The third-order valence-electron chi connectivity index (χ3n) is 4.64. The molecule has 3 aromatic carbocycles. The molecule has 0 saturated heterocycles. The van der Waals surface area contributed by atoms with Crippen LogP contribution in [0.1, 0.15) is 5.56 Å². The van der Waals surface area contributed by atoms with Gasteiger partial charge < -0.3 is 9.47 Å². The Hall–Kier alpha value is -3.23. The first-order valence-electron chi connectivity index (χ1n) is 9.55. The molecule has 0 fully saturated rings. The lowest BCUT2D eigenvalue weighted by molar-refractivity contribution is -0.127. The zero-order valence-corrected chi connectivity index (χ0v) is 18.5. The molecule has 0 saturated carbocycles. The van der Waals surface area contributed by atoms with Gasteiger partial charge in [-0.2, -0.15) is 10.1 Å². The van der Waals surface area contributed by atoms with Gasteiger partial charge in [0.1, 0.15) is 6.61 Å². The summed E-state index contributed by atoms with van der Waals surface area (Å²) in [6.45, 7) is 0.101. The van der Waals surface area contributed by atoms with Crippen LogP contribution < -0.4 is 14.5 Å². The monoisotopic (exact) mass is 493 g/mol. The highest BCUT2D eigenvalue weighted by atomic mass is 79.9. The predicted octanol–water partition coefficient (Wildman–Crippen LogP) is 5.27. The summed E-state index contributed by atoms with van der Waals surface area (Å²) in [4.78, 5) is 18.1. The van der Waals surface area contributed by atoms with Crippen molar-refractivity contribution in [2.75, 3.05) is 11.6 Å². The summed E-state index contributed by atoms with van der Waals surface area (Å²) >= 11 is 4.87. The molecule has 0 aliphatic carbocycles. The molecule has 2 heterocycles. The third-order valence-corrected chi connectivity index (χ3v) is 6.12. The number of hydrogen-bond acceptors (Lipinski definition) is 6. The van der Waals surface area contributed by atoms with E-state index in [0.717, 1.165) is 20.3 Å². The summed E-state index contributed by atoms with van der Waals surface area (Å²) in [5, 5.41) is 6.24. The van der Waals surface area contributed by atoms with Gasteiger partial charge in [0.25, 0.3) is 5.91 Å². The fourth-order valence-corrected chi connectivity index (χ4v) is 4.60. The topological polar surface area (TPSA) is 64.0 Å². The molecule has 8 heteroatoms. The minimum absolute atomic E-state index is 0.101. The van der Waals surface area contributed by atoms with Gasteiger partial charge in [0.15, 0.2) is 11.5 Å². The fourth-order valence-electron chi connectivity index (χ4n) is 3.12. The van der Waals surface area contributed by atoms with Crippen molar-refractivity contribution >= 4 is 54.7 Å². The van der Waals surface area contributed by atoms with E-state index in [9.17, 15) is 4.79 Å². The van der Waals surface area contributed by atoms with Crippen LogP contribution in [0.4, 0.5) is 5.13 Å². The van der Waals surface area contributed by atoms with Gasteiger partial charge in [-0.3, -0.25) is 4.79 Å². The summed E-state index contributed by atoms with van der Waals surface area (Å²) in [5.41, 5.74) is 1.66. The molecule has 5 rings (SSSR count). The highest BCUT2D eigenvalue weighted by Crippen LogP contribution is 2.34. The second-order valence-electron chi connectivity index (χ2n) is 6.78. The lowest BCUT2D eigenvalue weighted by Gasteiger charge is -2.27. The number of benzene rings is 3. The molecular formula is C23H16BrN3O3S. The molecule has 0 radical (unpaired) electrons. The lowest BCUT2D eigenvalue weighted by Crippen LogP contribution is -2.44. The molecule has 0 N–H and O–H groups in total. The van der Waals surface area contributed by atoms with Crippen LogP contribution in [0.2, 0.25) is 0 Å². The molecule has 1 amide bonds. The summed E-state index contributed by atoms with van der Waals surface area (Å²) in [6.07, 6.45) is 0.805. The van der Waals surface area contributed by atoms with Crippen molar-refractivity contribution in [3.8, 4) is 11.5 Å². The van der Waals surface area contributed by atoms with E-state index in [1.165, 1.54) is 16.3 Å². The van der Waals surface area contributed by atoms with Gasteiger partial charge in [0.2, 0.25) is 11.2 Å². The molecule has 1 atom stereocenters. The number of thiazole rings is 1. The highest BCUT2D eigenvalue weighted by Gasteiger charge is 2.33. The molecule has 154 valence electrons. The first-order valence-corrected chi connectivity index (χ1v) is 11.2. The number of ether oxygens (including phenoxy) is 2. The van der Waals surface area contributed by atoms with Crippen molar-refractivity contribution in [3.63, 3.8) is 0 Å². The average Bonchev–Trinajstić information content (AvgIpc) is 3.22. The summed E-state index contributed by atoms with van der Waals surface area (Å²) in [7, 11) is 0. The molecular weight excluding hydrogens is 478 g/mol. The Morgan fingerprint density at radius 3 is 2.71 bits per heavy atom. The molecule has 1 unspecified atom stereocenters. The molecule has 6 nitrogen and oxygen atoms in total. The maximum absolute atomic E-state index is 13.4. The number of carbonyl (C=O) groups excluding carboxylic acids is 1. The number of nitrogens with zero attached hydrogens (tertiary/aromatic N) is 3. The minimum Gasteiger partial charge on any atom is -0.485 e. The van der Waals surface area contributed by atoms with Gasteiger partial charge in [-0.05, 0) is 35.9 Å². The quantitative estimate of drug-likeness (QED) is 0.287. The normalized spacial score (nSPS) is 15.3. The van der Waals surface area contributed by atoms with Gasteiger partial charge in [-0.1, -0.05) is 69.7 Å². The van der Waals surface area contributed by atoms with E-state index in [-0.39, 0.29) is 12.5 Å². The summed E-state index contributed by atoms with van der Waals surface area (Å²) in [5.74, 6) is 0.808. The Morgan fingerprint density at radius 1 is 1.10 bits per heavy atom. The number of halogens is 1. The van der Waals surface area contributed by atoms with E-state index >= 15 is 0 Å². The van der Waals surface area contributed by atoms with Crippen LogP contribution in [0, 0.1) is 0 Å². The average molecular weight is 494 g/mol. The molecule has 1 aliphatic rings. The Balaban J connectivity index is 1.50. The Kier molecular flexibility index (Phi) is 5.40. The third kappa shape index (κ3) is 4.17. The predicted molar refractivity (Wildman–Crippen MR) is 125 cm³/mol. The van der Waals surface area contributed by atoms with Gasteiger partial charge in [-0.15, -0.1) is 0 Å². The first-order chi connectivity index (χ1) is 15.2. The van der Waals surface area contributed by atoms with Gasteiger partial charge in [0.05, 0.1) is 16.4 Å². The van der Waals surface area contributed by atoms with Crippen molar-refractivity contribution in [1.29, 1.82) is 0 Å². The smallest absolute Gasteiger partial charge is 0.294 e. The van der Waals surface area contributed by atoms with Crippen LogP contribution >= 0.6 is 27.3 Å². The summed E-state index contributed by atoms with van der Waals surface area (Å²) in [6, 6.07) is 22.7. The van der Waals surface area contributed by atoms with Crippen LogP contribution in [-0.4, -0.2) is 29.8 Å². The van der Waals surface area contributed by atoms with Crippen molar-refractivity contribution in [2.24, 2.45) is 5.10 Å². The van der Waals surface area contributed by atoms with Gasteiger partial charge in [0, 0.05) is 4.47 Å². The maximum Gasteiger partial charge on any atom is 0.294 e. The van der Waals surface area contributed by atoms with Crippen LogP contribution in [0.3, 0.4) is 0 Å². The molecule has 0 bridgehead atoms. The second-order valence-corrected chi connectivity index (χ2v) is 8.70. The molecule has 0 spiro atoms. The maximum atomic E-state index is 13.4. The molecule has 4 aromatic rings. The highest BCUT2D eigenvalue weighted by molar-refractivity contribution is 9.10. The molecule has 1 aliphatic heterocycles. The van der Waals surface area contributed by atoms with E-state index in [4.69, 9.17) is 9.47 Å². The number of hydrazone groups is 1. The fraction of sp³-hybridized carbons (Fsp3) is 0.0870. The van der Waals surface area contributed by atoms with Crippen LogP contribution in [-0.2, 0) is 4.79 Å². The van der Waals surface area contributed by atoms with Crippen molar-refractivity contribution in [3.05, 3.63) is 82.8 Å². The van der Waals surface area contributed by atoms with Crippen molar-refractivity contribution in [1.82, 2.24) is 4.98 Å². The first kappa shape index (κ1) is 19.7. The van der Waals surface area contributed by atoms with Crippen LogP contribution in [0.5, 0.6) is 11.5 Å².